The van der Waals surface area contributed by atoms with Gasteiger partial charge >= 0.3 is 5.51 Å². The highest BCUT2D eigenvalue weighted by molar-refractivity contribution is 8.00. The highest BCUT2D eigenvalue weighted by Gasteiger charge is 2.34. The maximum atomic E-state index is 12.8. The Bertz CT molecular complexity index is 906. The second kappa shape index (κ2) is 7.98. The van der Waals surface area contributed by atoms with E-state index in [0.717, 1.165) is 18.4 Å². The van der Waals surface area contributed by atoms with Crippen LogP contribution in [0, 0.1) is 5.92 Å². The van der Waals surface area contributed by atoms with E-state index < -0.39 is 11.1 Å². The fourth-order valence-electron chi connectivity index (χ4n) is 3.08. The van der Waals surface area contributed by atoms with Gasteiger partial charge in [-0.05, 0) is 54.1 Å². The highest BCUT2D eigenvalue weighted by Crippen LogP contribution is 2.45. The molecular formula is C19H20F3N3O2S. The molecule has 0 spiro atoms. The maximum absolute atomic E-state index is 12.8. The fourth-order valence-corrected chi connectivity index (χ4v) is 3.62. The van der Waals surface area contributed by atoms with E-state index in [1.54, 1.807) is 31.1 Å². The largest absolute Gasteiger partial charge is 0.446 e. The third-order valence-electron chi connectivity index (χ3n) is 4.58. The molecule has 1 aromatic heterocycles. The van der Waals surface area contributed by atoms with E-state index in [0.29, 0.717) is 11.9 Å². The Morgan fingerprint density at radius 1 is 1.29 bits per heavy atom. The third-order valence-corrected chi connectivity index (χ3v) is 5.32. The van der Waals surface area contributed by atoms with Gasteiger partial charge < -0.3 is 4.90 Å². The van der Waals surface area contributed by atoms with Crippen molar-refractivity contribution in [3.63, 3.8) is 0 Å². The number of thioether (sulfide) groups is 1. The zero-order valence-corrected chi connectivity index (χ0v) is 16.2. The molecule has 1 aromatic carbocycles. The number of Topliss-reactive ketones (excluding diaryl/α,β-unsaturated/α-hetero) is 1. The number of alkyl halides is 3. The minimum Gasteiger partial charge on any atom is -0.348 e. The number of H-pyrrole nitrogens is 1. The summed E-state index contributed by atoms with van der Waals surface area (Å²) in [6, 6.07) is 7.36. The number of nitrogens with zero attached hydrogens (tertiary/aromatic N) is 2. The van der Waals surface area contributed by atoms with Crippen molar-refractivity contribution in [2.75, 3.05) is 19.0 Å². The normalized spacial score (nSPS) is 15.3. The number of benzene rings is 1. The van der Waals surface area contributed by atoms with Gasteiger partial charge in [0.1, 0.15) is 5.69 Å². The molecule has 28 heavy (non-hydrogen) atoms. The monoisotopic (exact) mass is 411 g/mol. The van der Waals surface area contributed by atoms with E-state index in [4.69, 9.17) is 0 Å². The molecule has 150 valence electrons. The average Bonchev–Trinajstić information content (AvgIpc) is 3.43. The van der Waals surface area contributed by atoms with Crippen LogP contribution in [0.5, 0.6) is 0 Å². The molecule has 1 fully saturated rings. The summed E-state index contributed by atoms with van der Waals surface area (Å²) in [5, 5.41) is 0. The maximum Gasteiger partial charge on any atom is 0.446 e. The Balaban J connectivity index is 1.79. The van der Waals surface area contributed by atoms with Crippen LogP contribution in [-0.4, -0.2) is 35.4 Å². The van der Waals surface area contributed by atoms with Crippen molar-refractivity contribution in [2.45, 2.75) is 35.6 Å². The molecule has 1 atom stereocenters. The van der Waals surface area contributed by atoms with Crippen molar-refractivity contribution in [1.29, 1.82) is 0 Å². The predicted octanol–water partition coefficient (Wildman–Crippen LogP) is 4.21. The number of aromatic amines is 1. The van der Waals surface area contributed by atoms with Gasteiger partial charge in [0, 0.05) is 31.5 Å². The molecule has 1 heterocycles. The van der Waals surface area contributed by atoms with Crippen LogP contribution in [0.3, 0.4) is 0 Å². The zero-order chi connectivity index (χ0) is 20.5. The van der Waals surface area contributed by atoms with Gasteiger partial charge in [0.05, 0.1) is 0 Å². The lowest BCUT2D eigenvalue weighted by Gasteiger charge is -2.17. The Labute approximate surface area is 164 Å². The molecule has 0 amide bonds. The van der Waals surface area contributed by atoms with Crippen LogP contribution in [0.2, 0.25) is 0 Å². The third kappa shape index (κ3) is 5.37. The minimum absolute atomic E-state index is 0.0960. The second-order valence-corrected chi connectivity index (χ2v) is 8.18. The molecule has 1 aliphatic carbocycles. The molecule has 0 aliphatic heterocycles. The molecule has 0 bridgehead atoms. The van der Waals surface area contributed by atoms with Gasteiger partial charge in [-0.3, -0.25) is 14.6 Å². The number of hydrogen-bond acceptors (Lipinski definition) is 5. The highest BCUT2D eigenvalue weighted by atomic mass is 32.2. The number of ketones is 1. The number of carbonyl (C=O) groups excluding carboxylic acids is 1. The van der Waals surface area contributed by atoms with Crippen LogP contribution in [-0.2, 0) is 0 Å². The van der Waals surface area contributed by atoms with Gasteiger partial charge in [0.25, 0.3) is 5.56 Å². The van der Waals surface area contributed by atoms with Crippen LogP contribution in [0.15, 0.2) is 40.0 Å². The number of carbonyl (C=O) groups is 1. The summed E-state index contributed by atoms with van der Waals surface area (Å²) in [5.41, 5.74) is -3.80. The number of anilines is 1. The van der Waals surface area contributed by atoms with Gasteiger partial charge in [-0.1, -0.05) is 12.1 Å². The van der Waals surface area contributed by atoms with Crippen molar-refractivity contribution in [1.82, 2.24) is 9.97 Å². The number of halogens is 3. The van der Waals surface area contributed by atoms with Gasteiger partial charge in [-0.25, -0.2) is 4.98 Å². The quantitative estimate of drug-likeness (QED) is 0.546. The van der Waals surface area contributed by atoms with Crippen molar-refractivity contribution in [2.24, 2.45) is 5.92 Å². The van der Waals surface area contributed by atoms with Crippen LogP contribution in [0.1, 0.15) is 41.2 Å². The molecular weight excluding hydrogens is 391 g/mol. The molecule has 3 rings (SSSR count). The lowest BCUT2D eigenvalue weighted by atomic mass is 9.88. The number of hydrogen-bond donors (Lipinski definition) is 1. The van der Waals surface area contributed by atoms with Gasteiger partial charge in [0.15, 0.2) is 5.78 Å². The van der Waals surface area contributed by atoms with Crippen LogP contribution < -0.4 is 10.5 Å². The molecule has 1 saturated carbocycles. The Morgan fingerprint density at radius 2 is 1.93 bits per heavy atom. The fraction of sp³-hybridized carbons (Fsp3) is 0.421. The lowest BCUT2D eigenvalue weighted by Crippen LogP contribution is -2.21. The summed E-state index contributed by atoms with van der Waals surface area (Å²) in [5.74, 6) is 0.272. The Kier molecular flexibility index (Phi) is 5.83. The van der Waals surface area contributed by atoms with E-state index in [1.165, 1.54) is 18.2 Å². The van der Waals surface area contributed by atoms with E-state index in [1.807, 2.05) is 0 Å². The average molecular weight is 411 g/mol. The Morgan fingerprint density at radius 3 is 2.46 bits per heavy atom. The minimum atomic E-state index is -4.33. The molecule has 1 aliphatic rings. The van der Waals surface area contributed by atoms with Crippen molar-refractivity contribution in [3.05, 3.63) is 51.9 Å². The second-order valence-electron chi connectivity index (χ2n) is 7.04. The summed E-state index contributed by atoms with van der Waals surface area (Å²) in [6.07, 6.45) is 2.12. The topological polar surface area (TPSA) is 66.1 Å². The molecule has 5 nitrogen and oxygen atoms in total. The summed E-state index contributed by atoms with van der Waals surface area (Å²) < 4.78 is 37.5. The first-order chi connectivity index (χ1) is 13.1. The first kappa shape index (κ1) is 20.4. The van der Waals surface area contributed by atoms with Crippen molar-refractivity contribution >= 4 is 23.5 Å². The van der Waals surface area contributed by atoms with Crippen molar-refractivity contribution < 1.29 is 18.0 Å². The first-order valence-electron chi connectivity index (χ1n) is 8.80. The summed E-state index contributed by atoms with van der Waals surface area (Å²) >= 11 is -0.158. The summed E-state index contributed by atoms with van der Waals surface area (Å²) in [6.45, 7) is 0. The number of rotatable bonds is 7. The zero-order valence-electron chi connectivity index (χ0n) is 15.4. The smallest absolute Gasteiger partial charge is 0.348 e. The predicted molar refractivity (Wildman–Crippen MR) is 102 cm³/mol. The number of nitrogens with one attached hydrogen (secondary N) is 1. The number of aromatic nitrogens is 2. The molecule has 1 N–H and O–H groups in total. The van der Waals surface area contributed by atoms with Gasteiger partial charge in [0.2, 0.25) is 5.95 Å². The van der Waals surface area contributed by atoms with E-state index >= 15 is 0 Å². The van der Waals surface area contributed by atoms with Gasteiger partial charge in [-0.15, -0.1) is 0 Å². The van der Waals surface area contributed by atoms with E-state index in [2.05, 4.69) is 9.97 Å². The molecule has 0 saturated heterocycles. The van der Waals surface area contributed by atoms with Crippen LogP contribution in [0.4, 0.5) is 19.1 Å². The van der Waals surface area contributed by atoms with Crippen molar-refractivity contribution in [3.8, 4) is 0 Å². The summed E-state index contributed by atoms with van der Waals surface area (Å²) in [7, 11) is 3.42. The SMILES string of the molecule is CN(C)c1nc(C(=O)C[C@@H](c2ccc(SC(F)(F)F)cc2)C2CC2)cc(=O)[nH]1. The summed E-state index contributed by atoms with van der Waals surface area (Å²) in [4.78, 5) is 33.0. The molecule has 2 aromatic rings. The van der Waals surface area contributed by atoms with Crippen LogP contribution >= 0.6 is 11.8 Å². The molecule has 9 heteroatoms. The van der Waals surface area contributed by atoms with Gasteiger partial charge in [-0.2, -0.15) is 13.2 Å². The van der Waals surface area contributed by atoms with Crippen LogP contribution in [0.25, 0.3) is 0 Å². The lowest BCUT2D eigenvalue weighted by molar-refractivity contribution is -0.0328. The molecule has 0 radical (unpaired) electrons. The van der Waals surface area contributed by atoms with E-state index in [9.17, 15) is 22.8 Å². The molecule has 0 unspecified atom stereocenters. The standard InChI is InChI=1S/C19H20F3N3O2S/c1-25(2)18-23-15(10-17(27)24-18)16(26)9-14(11-3-4-11)12-5-7-13(8-6-12)28-19(20,21)22/h5-8,10-11,14H,3-4,9H2,1-2H3,(H,23,24,27)/t14-/m1/s1. The first-order valence-corrected chi connectivity index (χ1v) is 9.61. The Hall–Kier alpha value is -2.29. The van der Waals surface area contributed by atoms with E-state index in [-0.39, 0.29) is 40.5 Å².